The maximum Gasteiger partial charge on any atom is 0.330 e. The first kappa shape index (κ1) is 33.1. The van der Waals surface area contributed by atoms with E-state index in [-0.39, 0.29) is 13.2 Å². The predicted molar refractivity (Wildman–Crippen MR) is 190 cm³/mol. The molecule has 0 aromatic heterocycles. The van der Waals surface area contributed by atoms with Gasteiger partial charge in [0.05, 0.1) is 18.8 Å². The fourth-order valence-corrected chi connectivity index (χ4v) is 25.7. The number of rotatable bonds is 14. The molecule has 1 saturated heterocycles. The van der Waals surface area contributed by atoms with Crippen molar-refractivity contribution in [2.75, 3.05) is 13.2 Å². The van der Waals surface area contributed by atoms with Gasteiger partial charge in [0, 0.05) is 12.2 Å². The van der Waals surface area contributed by atoms with Crippen molar-refractivity contribution in [1.29, 1.82) is 0 Å². The van der Waals surface area contributed by atoms with Crippen LogP contribution in [0.15, 0.2) is 147 Å². The molecule has 0 radical (unpaired) electrons. The van der Waals surface area contributed by atoms with Gasteiger partial charge in [0.15, 0.2) is 7.59 Å². The monoisotopic (exact) mass is 646 g/mol. The Morgan fingerprint density at radius 1 is 0.630 bits per heavy atom. The molecule has 0 saturated carbocycles. The van der Waals surface area contributed by atoms with E-state index < -0.39 is 33.0 Å². The molecule has 5 rings (SSSR count). The van der Waals surface area contributed by atoms with Crippen LogP contribution in [-0.2, 0) is 23.5 Å². The van der Waals surface area contributed by atoms with Crippen LogP contribution in [0.4, 0.5) is 0 Å². The van der Waals surface area contributed by atoms with Crippen LogP contribution in [0.5, 0.6) is 0 Å². The number of hydrogen-bond donors (Lipinski definition) is 0. The normalized spacial score (nSPS) is 16.1. The van der Waals surface area contributed by atoms with Gasteiger partial charge in [0.2, 0.25) is 0 Å². The van der Waals surface area contributed by atoms with Gasteiger partial charge < -0.3 is 13.9 Å². The van der Waals surface area contributed by atoms with Crippen LogP contribution in [0.25, 0.3) is 0 Å². The summed E-state index contributed by atoms with van der Waals surface area (Å²) in [6, 6.07) is 44.8. The van der Waals surface area contributed by atoms with E-state index in [1.165, 1.54) is 32.9 Å². The van der Waals surface area contributed by atoms with Gasteiger partial charge in [0.25, 0.3) is 7.83 Å². The van der Waals surface area contributed by atoms with Crippen LogP contribution in [0.2, 0.25) is 6.04 Å². The van der Waals surface area contributed by atoms with Gasteiger partial charge in [-0.3, -0.25) is 0 Å². The topological polar surface area (TPSA) is 61.8 Å². The molecule has 0 aliphatic carbocycles. The molecule has 1 fully saturated rings. The first-order valence-electron chi connectivity index (χ1n) is 16.0. The molecule has 4 aromatic carbocycles. The molecule has 0 N–H and O–H groups in total. The SMILES string of the molecule is C=CC(=O)OCCCC1(CCCOC(=O)C=C)CC[Si](c2ccccc2)(c2ccccc2)[Si](c2ccccc2)(c2ccccc2)O1. The van der Waals surface area contributed by atoms with Crippen molar-refractivity contribution in [3.8, 4) is 0 Å². The van der Waals surface area contributed by atoms with E-state index in [9.17, 15) is 9.59 Å². The highest BCUT2D eigenvalue weighted by atomic mass is 29.3. The van der Waals surface area contributed by atoms with Crippen molar-refractivity contribution < 1.29 is 23.5 Å². The molecule has 1 heterocycles. The lowest BCUT2D eigenvalue weighted by Crippen LogP contribution is -2.89. The summed E-state index contributed by atoms with van der Waals surface area (Å²) < 4.78 is 19.0. The van der Waals surface area contributed by atoms with Crippen LogP contribution < -0.4 is 20.7 Å². The zero-order valence-corrected chi connectivity index (χ0v) is 28.3. The third kappa shape index (κ3) is 6.77. The second-order valence-corrected chi connectivity index (χ2v) is 22.6. The second-order valence-electron chi connectivity index (χ2n) is 11.8. The molecule has 0 spiro atoms. The van der Waals surface area contributed by atoms with E-state index in [4.69, 9.17) is 13.9 Å². The van der Waals surface area contributed by atoms with Gasteiger partial charge in [-0.05, 0) is 48.5 Å². The van der Waals surface area contributed by atoms with Crippen molar-refractivity contribution in [2.24, 2.45) is 0 Å². The molecule has 1 aliphatic heterocycles. The minimum absolute atomic E-state index is 0.284. The van der Waals surface area contributed by atoms with Crippen molar-refractivity contribution in [3.63, 3.8) is 0 Å². The zero-order chi connectivity index (χ0) is 32.3. The highest BCUT2D eigenvalue weighted by molar-refractivity contribution is 7.57. The fraction of sp³-hybridized carbons (Fsp3) is 0.231. The van der Waals surface area contributed by atoms with Gasteiger partial charge in [-0.1, -0.05) is 145 Å². The summed E-state index contributed by atoms with van der Waals surface area (Å²) in [5.41, 5.74) is -0.529. The van der Waals surface area contributed by atoms with Gasteiger partial charge in [-0.15, -0.1) is 0 Å². The Bertz CT molecular complexity index is 1490. The van der Waals surface area contributed by atoms with Crippen molar-refractivity contribution in [2.45, 2.75) is 43.7 Å². The minimum Gasteiger partial charge on any atom is -0.463 e. The number of benzene rings is 4. The summed E-state index contributed by atoms with van der Waals surface area (Å²) in [5.74, 6) is -0.848. The number of esters is 2. The number of carbonyl (C=O) groups is 2. The minimum atomic E-state index is -3.12. The lowest BCUT2D eigenvalue weighted by atomic mass is 9.89. The average Bonchev–Trinajstić information content (AvgIpc) is 3.13. The van der Waals surface area contributed by atoms with Gasteiger partial charge >= 0.3 is 11.9 Å². The first-order chi connectivity index (χ1) is 22.5. The van der Waals surface area contributed by atoms with Crippen LogP contribution >= 0.6 is 0 Å². The van der Waals surface area contributed by atoms with Gasteiger partial charge in [-0.25, -0.2) is 9.59 Å². The van der Waals surface area contributed by atoms with Crippen LogP contribution in [0, 0.1) is 0 Å². The molecule has 0 bridgehead atoms. The quantitative estimate of drug-likeness (QED) is 0.0810. The zero-order valence-electron chi connectivity index (χ0n) is 26.3. The summed E-state index contributed by atoms with van der Waals surface area (Å²) >= 11 is 0. The molecule has 5 nitrogen and oxygen atoms in total. The standard InChI is InChI=1S/C39H42O5Si2/c1-3-37(40)42-30-17-27-39(28-18-31-43-38(41)4-2)29-32-45(33-19-9-5-10-20-33,34-21-11-6-12-22-34)46(44-39,35-23-13-7-14-24-35)36-25-15-8-16-26-36/h3-16,19-26H,1-2,17-18,27-32H2. The van der Waals surface area contributed by atoms with E-state index in [1.807, 2.05) is 0 Å². The lowest BCUT2D eigenvalue weighted by molar-refractivity contribution is -0.138. The lowest BCUT2D eigenvalue weighted by Gasteiger charge is -2.58. The third-order valence-corrected chi connectivity index (χ3v) is 25.2. The van der Waals surface area contributed by atoms with Crippen molar-refractivity contribution in [1.82, 2.24) is 0 Å². The largest absolute Gasteiger partial charge is 0.463 e. The number of carbonyl (C=O) groups excluding carboxylic acids is 2. The molecule has 46 heavy (non-hydrogen) atoms. The van der Waals surface area contributed by atoms with Crippen LogP contribution in [-0.4, -0.2) is 46.2 Å². The highest BCUT2D eigenvalue weighted by Crippen LogP contribution is 2.43. The smallest absolute Gasteiger partial charge is 0.330 e. The second kappa shape index (κ2) is 15.3. The maximum absolute atomic E-state index is 11.9. The predicted octanol–water partition coefficient (Wildman–Crippen LogP) is 5.27. The van der Waals surface area contributed by atoms with E-state index in [0.29, 0.717) is 25.7 Å². The Morgan fingerprint density at radius 3 is 1.37 bits per heavy atom. The van der Waals surface area contributed by atoms with Crippen molar-refractivity contribution in [3.05, 3.63) is 147 Å². The molecular weight excluding hydrogens is 605 g/mol. The summed E-state index contributed by atoms with van der Waals surface area (Å²) in [4.78, 5) is 23.8. The highest BCUT2D eigenvalue weighted by Gasteiger charge is 2.66. The Morgan fingerprint density at radius 2 is 1.00 bits per heavy atom. The van der Waals surface area contributed by atoms with E-state index in [2.05, 4.69) is 134 Å². The first-order valence-corrected chi connectivity index (χ1v) is 21.1. The number of hydrogen-bond acceptors (Lipinski definition) is 5. The van der Waals surface area contributed by atoms with E-state index in [0.717, 1.165) is 12.5 Å². The summed E-state index contributed by atoms with van der Waals surface area (Å²) in [7, 11) is -5.83. The summed E-state index contributed by atoms with van der Waals surface area (Å²) in [6.07, 6.45) is 5.93. The van der Waals surface area contributed by atoms with Crippen LogP contribution in [0.1, 0.15) is 32.1 Å². The third-order valence-electron chi connectivity index (χ3n) is 9.20. The molecule has 4 aromatic rings. The maximum atomic E-state index is 11.9. The molecule has 1 aliphatic rings. The van der Waals surface area contributed by atoms with Gasteiger partial charge in [-0.2, -0.15) is 0 Å². The Labute approximate surface area is 274 Å². The molecule has 0 atom stereocenters. The Balaban J connectivity index is 1.72. The molecule has 7 heteroatoms. The van der Waals surface area contributed by atoms with E-state index >= 15 is 0 Å². The van der Waals surface area contributed by atoms with Crippen LogP contribution in [0.3, 0.4) is 0 Å². The van der Waals surface area contributed by atoms with Gasteiger partial charge in [0.1, 0.15) is 0 Å². The number of ether oxygens (including phenoxy) is 2. The molecule has 236 valence electrons. The Hall–Kier alpha value is -4.31. The molecular formula is C39H42O5Si2. The fourth-order valence-electron chi connectivity index (χ4n) is 7.21. The average molecular weight is 647 g/mol. The van der Waals surface area contributed by atoms with E-state index in [1.54, 1.807) is 0 Å². The summed E-state index contributed by atoms with van der Waals surface area (Å²) in [6.45, 7) is 7.64. The molecule has 0 amide bonds. The van der Waals surface area contributed by atoms with Crippen molar-refractivity contribution >= 4 is 48.1 Å². The Kier molecular flexibility index (Phi) is 11.0. The summed E-state index contributed by atoms with van der Waals surface area (Å²) in [5, 5.41) is 5.24. The molecule has 0 unspecified atom stereocenters.